The molecule has 0 aromatic carbocycles. The van der Waals surface area contributed by atoms with Crippen LogP contribution in [0.15, 0.2) is 5.38 Å². The number of sulfonamides is 1. The van der Waals surface area contributed by atoms with Gasteiger partial charge in [0.05, 0.1) is 29.2 Å². The van der Waals surface area contributed by atoms with E-state index in [1.807, 2.05) is 31.0 Å². The second-order valence-electron chi connectivity index (χ2n) is 6.07. The Morgan fingerprint density at radius 1 is 1.50 bits per heavy atom. The molecular weight excluding hydrogens is 340 g/mol. The lowest BCUT2D eigenvalue weighted by molar-refractivity contribution is 0.0382. The molecule has 1 atom stereocenters. The first-order valence-corrected chi connectivity index (χ1v) is 11.0. The molecule has 1 aromatic heterocycles. The minimum atomic E-state index is -3.04. The molecule has 1 aromatic rings. The summed E-state index contributed by atoms with van der Waals surface area (Å²) in [5.74, 6) is 1.21. The smallest absolute Gasteiger partial charge is 0.214 e. The quantitative estimate of drug-likeness (QED) is 0.777. The first kappa shape index (κ1) is 16.7. The maximum absolute atomic E-state index is 12.0. The van der Waals surface area contributed by atoms with Gasteiger partial charge in [-0.1, -0.05) is 6.92 Å². The van der Waals surface area contributed by atoms with Crippen LogP contribution in [0.5, 0.6) is 0 Å². The van der Waals surface area contributed by atoms with Crippen LogP contribution in [0, 0.1) is 6.92 Å². The van der Waals surface area contributed by atoms with Crippen molar-refractivity contribution in [3.05, 3.63) is 16.1 Å². The fourth-order valence-corrected chi connectivity index (χ4v) is 6.96. The molecule has 3 heterocycles. The average molecular weight is 363 g/mol. The normalized spacial score (nSPS) is 24.7. The molecule has 1 unspecified atom stereocenters. The van der Waals surface area contributed by atoms with Gasteiger partial charge in [0.25, 0.3) is 0 Å². The van der Waals surface area contributed by atoms with Crippen LogP contribution in [0.1, 0.15) is 30.5 Å². The highest BCUT2D eigenvalue weighted by atomic mass is 32.2. The van der Waals surface area contributed by atoms with E-state index in [4.69, 9.17) is 4.74 Å². The van der Waals surface area contributed by atoms with Crippen LogP contribution in [0.3, 0.4) is 0 Å². The standard InChI is InChI=1S/C14H22N2O3S3/c1-3-4-22(17,18)16-9-14(10-16)5-13(8-21-14)19-6-12-7-20-11(2)15-12/h7,13H,3-6,8-10H2,1-2H3. The van der Waals surface area contributed by atoms with Crippen molar-refractivity contribution < 1.29 is 13.2 Å². The van der Waals surface area contributed by atoms with Gasteiger partial charge in [-0.05, 0) is 19.8 Å². The van der Waals surface area contributed by atoms with Crippen LogP contribution in [0.25, 0.3) is 0 Å². The molecule has 1 spiro atoms. The molecule has 0 bridgehead atoms. The van der Waals surface area contributed by atoms with Gasteiger partial charge in [0.1, 0.15) is 0 Å². The Hall–Kier alpha value is -0.150. The van der Waals surface area contributed by atoms with Crippen LogP contribution in [-0.4, -0.2) is 53.2 Å². The number of thioether (sulfide) groups is 1. The number of aryl methyl sites for hydroxylation is 1. The molecular formula is C14H22N2O3S3. The Kier molecular flexibility index (Phi) is 4.85. The molecule has 3 rings (SSSR count). The van der Waals surface area contributed by atoms with Gasteiger partial charge in [-0.25, -0.2) is 13.4 Å². The van der Waals surface area contributed by atoms with Gasteiger partial charge in [0, 0.05) is 29.0 Å². The fourth-order valence-electron chi connectivity index (χ4n) is 2.99. The van der Waals surface area contributed by atoms with E-state index >= 15 is 0 Å². The summed E-state index contributed by atoms with van der Waals surface area (Å²) in [5, 5.41) is 3.10. The molecule has 0 saturated carbocycles. The molecule has 2 aliphatic rings. The second kappa shape index (κ2) is 6.39. The molecule has 0 amide bonds. The van der Waals surface area contributed by atoms with E-state index < -0.39 is 10.0 Å². The summed E-state index contributed by atoms with van der Waals surface area (Å²) >= 11 is 3.51. The highest BCUT2D eigenvalue weighted by molar-refractivity contribution is 8.01. The summed E-state index contributed by atoms with van der Waals surface area (Å²) in [6.45, 7) is 5.75. The predicted octanol–water partition coefficient (Wildman–Crippen LogP) is 2.27. The summed E-state index contributed by atoms with van der Waals surface area (Å²) in [5.41, 5.74) is 0.995. The molecule has 8 heteroatoms. The monoisotopic (exact) mass is 362 g/mol. The number of ether oxygens (including phenoxy) is 1. The third kappa shape index (κ3) is 3.51. The maximum Gasteiger partial charge on any atom is 0.214 e. The van der Waals surface area contributed by atoms with Gasteiger partial charge in [0.15, 0.2) is 0 Å². The molecule has 2 fully saturated rings. The first-order chi connectivity index (χ1) is 10.4. The third-order valence-corrected chi connectivity index (χ3v) is 8.46. The molecule has 0 N–H and O–H groups in total. The number of nitrogens with zero attached hydrogens (tertiary/aromatic N) is 2. The zero-order valence-corrected chi connectivity index (χ0v) is 15.4. The van der Waals surface area contributed by atoms with E-state index in [1.54, 1.807) is 15.6 Å². The predicted molar refractivity (Wildman–Crippen MR) is 90.9 cm³/mol. The van der Waals surface area contributed by atoms with E-state index in [1.165, 1.54) is 0 Å². The lowest BCUT2D eigenvalue weighted by atomic mass is 9.95. The van der Waals surface area contributed by atoms with Gasteiger partial charge >= 0.3 is 0 Å². The fraction of sp³-hybridized carbons (Fsp3) is 0.786. The summed E-state index contributed by atoms with van der Waals surface area (Å²) in [7, 11) is -3.04. The Labute approximate surface area is 140 Å². The minimum absolute atomic E-state index is 0.0868. The molecule has 22 heavy (non-hydrogen) atoms. The van der Waals surface area contributed by atoms with E-state index in [-0.39, 0.29) is 16.6 Å². The third-order valence-electron chi connectivity index (χ3n) is 4.09. The van der Waals surface area contributed by atoms with Crippen molar-refractivity contribution >= 4 is 33.1 Å². The zero-order chi connectivity index (χ0) is 15.8. The number of aromatic nitrogens is 1. The van der Waals surface area contributed by atoms with Crippen molar-refractivity contribution in [2.45, 2.75) is 44.1 Å². The van der Waals surface area contributed by atoms with E-state index in [0.717, 1.165) is 22.9 Å². The Bertz CT molecular complexity index is 623. The topological polar surface area (TPSA) is 59.5 Å². The minimum Gasteiger partial charge on any atom is -0.371 e. The van der Waals surface area contributed by atoms with Crippen molar-refractivity contribution in [1.82, 2.24) is 9.29 Å². The van der Waals surface area contributed by atoms with Gasteiger partial charge < -0.3 is 4.74 Å². The average Bonchev–Trinajstić information content (AvgIpc) is 3.01. The summed E-state index contributed by atoms with van der Waals surface area (Å²) in [4.78, 5) is 4.41. The van der Waals surface area contributed by atoms with Crippen LogP contribution in [0.4, 0.5) is 0 Å². The van der Waals surface area contributed by atoms with Crippen molar-refractivity contribution in [1.29, 1.82) is 0 Å². The summed E-state index contributed by atoms with van der Waals surface area (Å²) in [6, 6.07) is 0. The van der Waals surface area contributed by atoms with Crippen molar-refractivity contribution in [2.75, 3.05) is 24.6 Å². The molecule has 0 radical (unpaired) electrons. The van der Waals surface area contributed by atoms with Gasteiger partial charge in [-0.2, -0.15) is 4.31 Å². The van der Waals surface area contributed by atoms with Crippen molar-refractivity contribution in [3.8, 4) is 0 Å². The largest absolute Gasteiger partial charge is 0.371 e. The van der Waals surface area contributed by atoms with Crippen LogP contribution >= 0.6 is 23.1 Å². The van der Waals surface area contributed by atoms with E-state index in [2.05, 4.69) is 4.98 Å². The number of hydrogen-bond donors (Lipinski definition) is 0. The van der Waals surface area contributed by atoms with Crippen molar-refractivity contribution in [2.24, 2.45) is 0 Å². The molecule has 2 saturated heterocycles. The number of hydrogen-bond acceptors (Lipinski definition) is 6. The maximum atomic E-state index is 12.0. The van der Waals surface area contributed by atoms with E-state index in [9.17, 15) is 8.42 Å². The molecule has 0 aliphatic carbocycles. The first-order valence-electron chi connectivity index (χ1n) is 7.57. The highest BCUT2D eigenvalue weighted by Gasteiger charge is 2.52. The zero-order valence-electron chi connectivity index (χ0n) is 12.9. The van der Waals surface area contributed by atoms with Gasteiger partial charge in [-0.15, -0.1) is 23.1 Å². The van der Waals surface area contributed by atoms with Crippen LogP contribution < -0.4 is 0 Å². The summed E-state index contributed by atoms with van der Waals surface area (Å²) < 4.78 is 31.7. The second-order valence-corrected chi connectivity index (χ2v) is 10.7. The Morgan fingerprint density at radius 3 is 2.91 bits per heavy atom. The molecule has 5 nitrogen and oxygen atoms in total. The molecule has 124 valence electrons. The Balaban J connectivity index is 1.47. The lowest BCUT2D eigenvalue weighted by Gasteiger charge is -2.46. The summed E-state index contributed by atoms with van der Waals surface area (Å²) in [6.07, 6.45) is 1.83. The number of thiazole rings is 1. The molecule has 2 aliphatic heterocycles. The van der Waals surface area contributed by atoms with Crippen molar-refractivity contribution in [3.63, 3.8) is 0 Å². The van der Waals surface area contributed by atoms with Gasteiger partial charge in [-0.3, -0.25) is 0 Å². The lowest BCUT2D eigenvalue weighted by Crippen LogP contribution is -2.61. The van der Waals surface area contributed by atoms with E-state index in [0.29, 0.717) is 26.1 Å². The number of rotatable bonds is 6. The van der Waals surface area contributed by atoms with Gasteiger partial charge in [0.2, 0.25) is 10.0 Å². The Morgan fingerprint density at radius 2 is 2.27 bits per heavy atom. The van der Waals surface area contributed by atoms with Crippen LogP contribution in [-0.2, 0) is 21.4 Å². The highest BCUT2D eigenvalue weighted by Crippen LogP contribution is 2.47. The SMILES string of the molecule is CCCS(=O)(=O)N1CC2(CC(OCc3csc(C)n3)CS2)C1. The van der Waals surface area contributed by atoms with Crippen LogP contribution in [0.2, 0.25) is 0 Å².